The van der Waals surface area contributed by atoms with E-state index < -0.39 is 11.2 Å². The van der Waals surface area contributed by atoms with Crippen molar-refractivity contribution in [3.05, 3.63) is 52.5 Å². The van der Waals surface area contributed by atoms with Crippen LogP contribution in [0.1, 0.15) is 40.6 Å². The number of anilines is 1. The summed E-state index contributed by atoms with van der Waals surface area (Å²) in [5.41, 5.74) is 8.67. The molecular weight excluding hydrogens is 418 g/mol. The number of carbonyl (C=O) groups is 2. The fourth-order valence-electron chi connectivity index (χ4n) is 3.40. The number of benzene rings is 1. The topological polar surface area (TPSA) is 111 Å². The number of amides is 2. The number of nitrogens with zero attached hydrogens (tertiary/aromatic N) is 3. The van der Waals surface area contributed by atoms with E-state index in [4.69, 9.17) is 5.73 Å². The van der Waals surface area contributed by atoms with Crippen LogP contribution in [-0.2, 0) is 17.6 Å². The first-order valence-corrected chi connectivity index (χ1v) is 11.4. The van der Waals surface area contributed by atoms with Crippen molar-refractivity contribution in [1.29, 1.82) is 0 Å². The van der Waals surface area contributed by atoms with Gasteiger partial charge in [0, 0.05) is 10.4 Å². The van der Waals surface area contributed by atoms with Crippen LogP contribution in [0.3, 0.4) is 0 Å². The Kier molecular flexibility index (Phi) is 6.10. The van der Waals surface area contributed by atoms with Crippen LogP contribution in [0.5, 0.6) is 0 Å². The highest BCUT2D eigenvalue weighted by molar-refractivity contribution is 8.00. The van der Waals surface area contributed by atoms with E-state index in [2.05, 4.69) is 20.5 Å². The summed E-state index contributed by atoms with van der Waals surface area (Å²) in [6.45, 7) is 1.77. The van der Waals surface area contributed by atoms with Crippen molar-refractivity contribution in [2.24, 2.45) is 5.73 Å². The number of nitrogens with two attached hydrogens (primary N) is 1. The molecule has 154 valence electrons. The monoisotopic (exact) mass is 439 g/mol. The minimum atomic E-state index is -0.492. The number of thioether (sulfide) groups is 1. The zero-order valence-corrected chi connectivity index (χ0v) is 18.1. The molecule has 9 heteroatoms. The molecule has 3 N–H and O–H groups in total. The molecule has 7 nitrogen and oxygen atoms in total. The third-order valence-electron chi connectivity index (χ3n) is 4.92. The zero-order chi connectivity index (χ0) is 21.1. The molecule has 3 aromatic rings. The molecule has 2 amide bonds. The van der Waals surface area contributed by atoms with Crippen LogP contribution in [0.15, 0.2) is 41.7 Å². The number of hydrogen-bond donors (Lipinski definition) is 2. The van der Waals surface area contributed by atoms with Crippen LogP contribution in [0.25, 0.3) is 11.3 Å². The number of carbonyl (C=O) groups excluding carboxylic acids is 2. The van der Waals surface area contributed by atoms with E-state index in [1.807, 2.05) is 30.3 Å². The van der Waals surface area contributed by atoms with Crippen LogP contribution in [0, 0.1) is 0 Å². The van der Waals surface area contributed by atoms with Gasteiger partial charge >= 0.3 is 0 Å². The largest absolute Gasteiger partial charge is 0.365 e. The van der Waals surface area contributed by atoms with Crippen molar-refractivity contribution in [3.63, 3.8) is 0 Å². The van der Waals surface area contributed by atoms with Gasteiger partial charge in [-0.1, -0.05) is 42.1 Å². The minimum absolute atomic E-state index is 0.225. The summed E-state index contributed by atoms with van der Waals surface area (Å²) >= 11 is 2.67. The highest BCUT2D eigenvalue weighted by Gasteiger charge is 2.26. The average Bonchev–Trinajstić information content (AvgIpc) is 3.13. The van der Waals surface area contributed by atoms with E-state index in [-0.39, 0.29) is 5.91 Å². The number of primary amides is 1. The molecule has 30 heavy (non-hydrogen) atoms. The van der Waals surface area contributed by atoms with Crippen molar-refractivity contribution < 1.29 is 9.59 Å². The van der Waals surface area contributed by atoms with Crippen LogP contribution in [0.4, 0.5) is 5.00 Å². The molecule has 1 atom stereocenters. The number of rotatable bonds is 6. The lowest BCUT2D eigenvalue weighted by atomic mass is 9.95. The molecule has 0 aliphatic heterocycles. The third kappa shape index (κ3) is 4.36. The summed E-state index contributed by atoms with van der Waals surface area (Å²) in [6, 6.07) is 9.66. The second-order valence-corrected chi connectivity index (χ2v) is 9.43. The van der Waals surface area contributed by atoms with Gasteiger partial charge in [0.25, 0.3) is 5.91 Å². The van der Waals surface area contributed by atoms with E-state index in [1.54, 1.807) is 13.1 Å². The summed E-state index contributed by atoms with van der Waals surface area (Å²) in [7, 11) is 0. The molecule has 1 aromatic carbocycles. The molecule has 2 aromatic heterocycles. The van der Waals surface area contributed by atoms with Gasteiger partial charge in [0.2, 0.25) is 11.1 Å². The Labute approximate surface area is 182 Å². The fourth-order valence-corrected chi connectivity index (χ4v) is 5.38. The predicted molar refractivity (Wildman–Crippen MR) is 119 cm³/mol. The van der Waals surface area contributed by atoms with E-state index >= 15 is 0 Å². The van der Waals surface area contributed by atoms with Gasteiger partial charge in [-0.15, -0.1) is 21.5 Å². The van der Waals surface area contributed by atoms with Crippen molar-refractivity contribution in [2.75, 3.05) is 5.32 Å². The number of hydrogen-bond acceptors (Lipinski definition) is 7. The lowest BCUT2D eigenvalue weighted by molar-refractivity contribution is -0.115. The van der Waals surface area contributed by atoms with Gasteiger partial charge in [-0.05, 0) is 38.2 Å². The maximum Gasteiger partial charge on any atom is 0.251 e. The normalized spacial score (nSPS) is 14.0. The van der Waals surface area contributed by atoms with Gasteiger partial charge < -0.3 is 11.1 Å². The lowest BCUT2D eigenvalue weighted by Crippen LogP contribution is -2.24. The Morgan fingerprint density at radius 2 is 1.93 bits per heavy atom. The molecule has 1 aliphatic carbocycles. The van der Waals surface area contributed by atoms with E-state index in [0.29, 0.717) is 21.4 Å². The van der Waals surface area contributed by atoms with Gasteiger partial charge in [-0.3, -0.25) is 9.59 Å². The second-order valence-electron chi connectivity index (χ2n) is 7.02. The van der Waals surface area contributed by atoms with E-state index in [9.17, 15) is 9.59 Å². The third-order valence-corrected chi connectivity index (χ3v) is 7.09. The number of thiophene rings is 1. The summed E-state index contributed by atoms with van der Waals surface area (Å²) in [5.74, 6) is -0.717. The number of nitrogens with one attached hydrogen (secondary N) is 1. The summed E-state index contributed by atoms with van der Waals surface area (Å²) in [6.07, 6.45) is 5.53. The fraction of sp³-hybridized carbons (Fsp3) is 0.286. The van der Waals surface area contributed by atoms with Crippen LogP contribution < -0.4 is 11.1 Å². The van der Waals surface area contributed by atoms with Gasteiger partial charge in [0.1, 0.15) is 10.7 Å². The highest BCUT2D eigenvalue weighted by Crippen LogP contribution is 2.38. The van der Waals surface area contributed by atoms with Crippen LogP contribution in [0.2, 0.25) is 0 Å². The van der Waals surface area contributed by atoms with E-state index in [0.717, 1.165) is 41.7 Å². The SMILES string of the molecule is CC(Sc1ncc(-c2ccccc2)nn1)C(=O)Nc1sc2c(c1C(N)=O)CCCC2. The second kappa shape index (κ2) is 8.93. The van der Waals surface area contributed by atoms with Crippen molar-refractivity contribution in [2.45, 2.75) is 43.0 Å². The Hall–Kier alpha value is -2.78. The summed E-state index contributed by atoms with van der Waals surface area (Å²) in [4.78, 5) is 30.2. The Morgan fingerprint density at radius 3 is 2.63 bits per heavy atom. The Bertz CT molecular complexity index is 1070. The van der Waals surface area contributed by atoms with Crippen molar-refractivity contribution in [1.82, 2.24) is 15.2 Å². The standard InChI is InChI=1S/C21H21N5O2S2/c1-12(29-21-23-11-15(25-26-21)13-7-3-2-4-8-13)19(28)24-20-17(18(22)27)14-9-5-6-10-16(14)30-20/h2-4,7-8,11-12H,5-6,9-10H2,1H3,(H2,22,27)(H,24,28). The van der Waals surface area contributed by atoms with Gasteiger partial charge in [0.05, 0.1) is 17.0 Å². The first-order valence-electron chi connectivity index (χ1n) is 9.70. The maximum absolute atomic E-state index is 12.7. The number of aromatic nitrogens is 3. The first-order chi connectivity index (χ1) is 14.5. The molecule has 0 spiro atoms. The van der Waals surface area contributed by atoms with Crippen molar-refractivity contribution >= 4 is 39.9 Å². The molecule has 1 unspecified atom stereocenters. The minimum Gasteiger partial charge on any atom is -0.365 e. The average molecular weight is 440 g/mol. The molecular formula is C21H21N5O2S2. The van der Waals surface area contributed by atoms with Gasteiger partial charge in [-0.2, -0.15) is 0 Å². The summed E-state index contributed by atoms with van der Waals surface area (Å²) < 4.78 is 0. The lowest BCUT2D eigenvalue weighted by Gasteiger charge is -2.12. The van der Waals surface area contributed by atoms with Crippen LogP contribution in [-0.4, -0.2) is 32.2 Å². The quantitative estimate of drug-likeness (QED) is 0.567. The molecule has 1 aliphatic rings. The van der Waals surface area contributed by atoms with Gasteiger partial charge in [0.15, 0.2) is 0 Å². The molecule has 0 saturated heterocycles. The number of aryl methyl sites for hydroxylation is 1. The van der Waals surface area contributed by atoms with Crippen molar-refractivity contribution in [3.8, 4) is 11.3 Å². The van der Waals surface area contributed by atoms with E-state index in [1.165, 1.54) is 23.1 Å². The molecule has 0 fully saturated rings. The molecule has 0 saturated carbocycles. The smallest absolute Gasteiger partial charge is 0.251 e. The molecule has 2 heterocycles. The number of fused-ring (bicyclic) bond motifs is 1. The molecule has 0 bridgehead atoms. The highest BCUT2D eigenvalue weighted by atomic mass is 32.2. The summed E-state index contributed by atoms with van der Waals surface area (Å²) in [5, 5.41) is 11.7. The predicted octanol–water partition coefficient (Wildman–Crippen LogP) is 3.70. The Morgan fingerprint density at radius 1 is 1.17 bits per heavy atom. The van der Waals surface area contributed by atoms with Crippen LogP contribution >= 0.6 is 23.1 Å². The first kappa shape index (κ1) is 20.5. The van der Waals surface area contributed by atoms with Gasteiger partial charge in [-0.25, -0.2) is 4.98 Å². The maximum atomic E-state index is 12.7. The molecule has 4 rings (SSSR count). The zero-order valence-electron chi connectivity index (χ0n) is 16.4. The molecule has 0 radical (unpaired) electrons. The Balaban J connectivity index is 1.45.